The molecule has 0 saturated carbocycles. The van der Waals surface area contributed by atoms with Crippen LogP contribution in [0, 0.1) is 0 Å². The molecule has 9 heteroatoms. The van der Waals surface area contributed by atoms with Crippen molar-refractivity contribution < 1.29 is 17.6 Å². The molecular formula is C21H19N3O4S2. The van der Waals surface area contributed by atoms with Crippen molar-refractivity contribution in [2.24, 2.45) is 0 Å². The number of sulfonamides is 1. The Balaban J connectivity index is 1.39. The number of furan rings is 1. The van der Waals surface area contributed by atoms with Gasteiger partial charge in [-0.3, -0.25) is 4.79 Å². The van der Waals surface area contributed by atoms with Gasteiger partial charge >= 0.3 is 0 Å². The van der Waals surface area contributed by atoms with Crippen LogP contribution in [-0.4, -0.2) is 26.4 Å². The number of hydrogen-bond acceptors (Lipinski definition) is 6. The number of hydrogen-bond donors (Lipinski definition) is 2. The molecule has 0 unspecified atom stereocenters. The highest BCUT2D eigenvalue weighted by Gasteiger charge is 2.15. The lowest BCUT2D eigenvalue weighted by Gasteiger charge is -2.06. The van der Waals surface area contributed by atoms with Gasteiger partial charge in [0.1, 0.15) is 0 Å². The quantitative estimate of drug-likeness (QED) is 0.457. The van der Waals surface area contributed by atoms with E-state index in [-0.39, 0.29) is 17.4 Å². The maximum Gasteiger partial charge on any atom is 0.287 e. The third kappa shape index (κ3) is 4.59. The normalized spacial score (nSPS) is 11.6. The molecule has 0 spiro atoms. The first-order valence-electron chi connectivity index (χ1n) is 9.16. The van der Waals surface area contributed by atoms with Crippen LogP contribution in [0.5, 0.6) is 0 Å². The lowest BCUT2D eigenvalue weighted by Crippen LogP contribution is -2.22. The Kier molecular flexibility index (Phi) is 5.67. The first-order chi connectivity index (χ1) is 14.4. The molecule has 0 radical (unpaired) electrons. The minimum Gasteiger partial charge on any atom is -0.448 e. The number of fused-ring (bicyclic) bond motifs is 1. The van der Waals surface area contributed by atoms with E-state index >= 15 is 0 Å². The molecule has 0 aliphatic rings. The van der Waals surface area contributed by atoms with Gasteiger partial charge in [0.25, 0.3) is 5.91 Å². The number of rotatable bonds is 7. The number of carbonyl (C=O) groups excluding carboxylic acids is 1. The molecule has 2 aromatic carbocycles. The molecule has 30 heavy (non-hydrogen) atoms. The van der Waals surface area contributed by atoms with E-state index < -0.39 is 10.0 Å². The average molecular weight is 442 g/mol. The number of benzene rings is 2. The lowest BCUT2D eigenvalue weighted by molar-refractivity contribution is 0.0924. The topological polar surface area (TPSA) is 101 Å². The van der Waals surface area contributed by atoms with Gasteiger partial charge in [0.15, 0.2) is 16.5 Å². The SMILES string of the molecule is CNS(=O)(=O)Cc1ccc(CNC(=O)c2ccc(-c3nc4ccccc4s3)o2)cc1. The molecular weight excluding hydrogens is 422 g/mol. The molecule has 4 aromatic rings. The molecule has 0 aliphatic carbocycles. The second-order valence-corrected chi connectivity index (χ2v) is 9.57. The maximum atomic E-state index is 12.4. The average Bonchev–Trinajstić information content (AvgIpc) is 3.40. The van der Waals surface area contributed by atoms with Gasteiger partial charge in [0, 0.05) is 6.54 Å². The number of amides is 1. The Morgan fingerprint density at radius 1 is 1.03 bits per heavy atom. The van der Waals surface area contributed by atoms with Crippen LogP contribution in [-0.2, 0) is 22.3 Å². The van der Waals surface area contributed by atoms with E-state index in [1.54, 1.807) is 36.4 Å². The van der Waals surface area contributed by atoms with Crippen LogP contribution in [0.15, 0.2) is 65.1 Å². The maximum absolute atomic E-state index is 12.4. The summed E-state index contributed by atoms with van der Waals surface area (Å²) >= 11 is 1.51. The highest BCUT2D eigenvalue weighted by atomic mass is 32.2. The number of aromatic nitrogens is 1. The summed E-state index contributed by atoms with van der Waals surface area (Å²) in [5, 5.41) is 3.53. The standard InChI is InChI=1S/C21H19N3O4S2/c1-22-30(26,27)13-15-8-6-14(7-9-15)12-23-20(25)17-10-11-18(28-17)21-24-16-4-2-3-5-19(16)29-21/h2-11,22H,12-13H2,1H3,(H,23,25). The molecule has 0 fully saturated rings. The molecule has 0 atom stereocenters. The zero-order valence-electron chi connectivity index (χ0n) is 16.1. The fraction of sp³-hybridized carbons (Fsp3) is 0.143. The first-order valence-corrected chi connectivity index (χ1v) is 11.6. The second kappa shape index (κ2) is 8.39. The Morgan fingerprint density at radius 2 is 1.77 bits per heavy atom. The van der Waals surface area contributed by atoms with Crippen molar-refractivity contribution in [3.8, 4) is 10.8 Å². The molecule has 4 rings (SSSR count). The Labute approximate surface area is 177 Å². The van der Waals surface area contributed by atoms with Gasteiger partial charge in [0.05, 0.1) is 16.0 Å². The van der Waals surface area contributed by atoms with E-state index in [1.165, 1.54) is 18.4 Å². The van der Waals surface area contributed by atoms with Crippen LogP contribution in [0.2, 0.25) is 0 Å². The van der Waals surface area contributed by atoms with Crippen LogP contribution in [0.25, 0.3) is 21.0 Å². The minimum atomic E-state index is -3.31. The number of nitrogens with one attached hydrogen (secondary N) is 2. The van der Waals surface area contributed by atoms with Crippen LogP contribution in [0.3, 0.4) is 0 Å². The van der Waals surface area contributed by atoms with E-state index in [1.807, 2.05) is 24.3 Å². The molecule has 2 N–H and O–H groups in total. The third-order valence-electron chi connectivity index (χ3n) is 4.48. The summed E-state index contributed by atoms with van der Waals surface area (Å²) < 4.78 is 32.2. The van der Waals surface area contributed by atoms with Crippen LogP contribution in [0.4, 0.5) is 0 Å². The Hall–Kier alpha value is -3.01. The van der Waals surface area contributed by atoms with Crippen molar-refractivity contribution in [1.29, 1.82) is 0 Å². The predicted octanol–water partition coefficient (Wildman–Crippen LogP) is 3.54. The summed E-state index contributed by atoms with van der Waals surface area (Å²) in [6.45, 7) is 0.301. The number of thiazole rings is 1. The van der Waals surface area contributed by atoms with E-state index in [4.69, 9.17) is 4.42 Å². The number of para-hydroxylation sites is 1. The van der Waals surface area contributed by atoms with E-state index in [2.05, 4.69) is 15.0 Å². The first kappa shape index (κ1) is 20.3. The summed E-state index contributed by atoms with van der Waals surface area (Å²) in [6.07, 6.45) is 0. The Morgan fingerprint density at radius 3 is 2.50 bits per heavy atom. The molecule has 7 nitrogen and oxygen atoms in total. The van der Waals surface area contributed by atoms with Crippen LogP contribution in [0.1, 0.15) is 21.7 Å². The number of nitrogens with zero attached hydrogens (tertiary/aromatic N) is 1. The number of carbonyl (C=O) groups is 1. The fourth-order valence-corrected chi connectivity index (χ4v) is 4.57. The molecule has 2 heterocycles. The zero-order chi connectivity index (χ0) is 21.1. The van der Waals surface area contributed by atoms with Gasteiger partial charge in [-0.05, 0) is 42.4 Å². The van der Waals surface area contributed by atoms with Crippen molar-refractivity contribution in [2.75, 3.05) is 7.05 Å². The van der Waals surface area contributed by atoms with Gasteiger partial charge in [-0.25, -0.2) is 18.1 Å². The molecule has 1 amide bonds. The highest BCUT2D eigenvalue weighted by molar-refractivity contribution is 7.88. The fourth-order valence-electron chi connectivity index (χ4n) is 2.87. The monoisotopic (exact) mass is 441 g/mol. The van der Waals surface area contributed by atoms with Gasteiger partial charge in [0.2, 0.25) is 10.0 Å². The summed E-state index contributed by atoms with van der Waals surface area (Å²) in [4.78, 5) is 17.0. The summed E-state index contributed by atoms with van der Waals surface area (Å²) in [7, 11) is -1.93. The van der Waals surface area contributed by atoms with Crippen molar-refractivity contribution in [3.63, 3.8) is 0 Å². The highest BCUT2D eigenvalue weighted by Crippen LogP contribution is 2.31. The van der Waals surface area contributed by atoms with Crippen molar-refractivity contribution >= 4 is 37.5 Å². The van der Waals surface area contributed by atoms with Crippen molar-refractivity contribution in [1.82, 2.24) is 15.0 Å². The molecule has 0 aliphatic heterocycles. The van der Waals surface area contributed by atoms with E-state index in [0.717, 1.165) is 20.8 Å². The molecule has 0 bridgehead atoms. The van der Waals surface area contributed by atoms with Crippen molar-refractivity contribution in [2.45, 2.75) is 12.3 Å². The van der Waals surface area contributed by atoms with Gasteiger partial charge < -0.3 is 9.73 Å². The van der Waals surface area contributed by atoms with Crippen molar-refractivity contribution in [3.05, 3.63) is 77.6 Å². The van der Waals surface area contributed by atoms with Gasteiger partial charge in [-0.15, -0.1) is 11.3 Å². The predicted molar refractivity (Wildman–Crippen MR) is 117 cm³/mol. The zero-order valence-corrected chi connectivity index (χ0v) is 17.7. The van der Waals surface area contributed by atoms with E-state index in [9.17, 15) is 13.2 Å². The summed E-state index contributed by atoms with van der Waals surface area (Å²) in [6, 6.07) is 18.2. The minimum absolute atomic E-state index is 0.0862. The summed E-state index contributed by atoms with van der Waals surface area (Å²) in [5.74, 6) is 0.346. The molecule has 154 valence electrons. The largest absolute Gasteiger partial charge is 0.448 e. The lowest BCUT2D eigenvalue weighted by atomic mass is 10.1. The molecule has 2 aromatic heterocycles. The smallest absolute Gasteiger partial charge is 0.287 e. The molecule has 0 saturated heterocycles. The van der Waals surface area contributed by atoms with Gasteiger partial charge in [-0.2, -0.15) is 0 Å². The Bertz CT molecular complexity index is 1260. The third-order valence-corrected chi connectivity index (χ3v) is 6.86. The second-order valence-electron chi connectivity index (χ2n) is 6.61. The van der Waals surface area contributed by atoms with Gasteiger partial charge in [-0.1, -0.05) is 36.4 Å². The van der Waals surface area contributed by atoms with Crippen LogP contribution >= 0.6 is 11.3 Å². The summed E-state index contributed by atoms with van der Waals surface area (Å²) in [5.41, 5.74) is 2.42. The van der Waals surface area contributed by atoms with E-state index in [0.29, 0.717) is 17.9 Å². The van der Waals surface area contributed by atoms with Crippen LogP contribution < -0.4 is 10.0 Å².